The van der Waals surface area contributed by atoms with Crippen molar-refractivity contribution in [2.24, 2.45) is 11.5 Å². The Morgan fingerprint density at radius 2 is 1.95 bits per heavy atom. The zero-order chi connectivity index (χ0) is 14.3. The van der Waals surface area contributed by atoms with Crippen molar-refractivity contribution < 1.29 is 9.59 Å². The smallest absolute Gasteiger partial charge is 0.277 e. The van der Waals surface area contributed by atoms with E-state index in [1.165, 1.54) is 22.7 Å². The van der Waals surface area contributed by atoms with E-state index < -0.39 is 11.8 Å². The third-order valence-electron chi connectivity index (χ3n) is 1.72. The van der Waals surface area contributed by atoms with Crippen LogP contribution in [0.1, 0.15) is 26.5 Å². The molecule has 7 nitrogen and oxygen atoms in total. The molecule has 19 heavy (non-hydrogen) atoms. The van der Waals surface area contributed by atoms with Gasteiger partial charge in [0, 0.05) is 23.5 Å². The third kappa shape index (κ3) is 5.02. The Morgan fingerprint density at radius 3 is 2.32 bits per heavy atom. The molecule has 2 aromatic rings. The summed E-state index contributed by atoms with van der Waals surface area (Å²) in [5.74, 6) is -0.217. The van der Waals surface area contributed by atoms with Crippen LogP contribution in [0.15, 0.2) is 17.0 Å². The highest BCUT2D eigenvalue weighted by molar-refractivity contribution is 7.12. The second-order valence-corrected chi connectivity index (χ2v) is 4.89. The van der Waals surface area contributed by atoms with Crippen LogP contribution in [-0.4, -0.2) is 28.3 Å². The molecule has 2 rings (SSSR count). The first-order chi connectivity index (χ1) is 9.04. The molecule has 0 aliphatic heterocycles. The maximum atomic E-state index is 10.6. The van der Waals surface area contributed by atoms with Crippen LogP contribution >= 0.6 is 22.7 Å². The number of aromatic nitrogens is 2. The van der Waals surface area contributed by atoms with Crippen LogP contribution in [0.3, 0.4) is 0 Å². The predicted octanol–water partition coefficient (Wildman–Crippen LogP) is 0.916. The van der Waals surface area contributed by atoms with Crippen molar-refractivity contribution in [2.75, 3.05) is 11.9 Å². The van der Waals surface area contributed by atoms with Gasteiger partial charge in [-0.2, -0.15) is 0 Å². The molecule has 0 bridgehead atoms. The summed E-state index contributed by atoms with van der Waals surface area (Å²) in [7, 11) is 0. The second-order valence-electron chi connectivity index (χ2n) is 3.13. The van der Waals surface area contributed by atoms with E-state index in [2.05, 4.69) is 15.3 Å². The van der Waals surface area contributed by atoms with Gasteiger partial charge in [0.25, 0.3) is 11.8 Å². The zero-order valence-electron chi connectivity index (χ0n) is 10.1. The molecule has 0 atom stereocenters. The van der Waals surface area contributed by atoms with E-state index in [9.17, 15) is 9.59 Å². The fraction of sp³-hybridized carbons (Fsp3) is 0.200. The highest BCUT2D eigenvalue weighted by Gasteiger charge is 2.05. The van der Waals surface area contributed by atoms with E-state index in [1.54, 1.807) is 17.0 Å². The van der Waals surface area contributed by atoms with Crippen molar-refractivity contribution in [3.05, 3.63) is 27.0 Å². The maximum absolute atomic E-state index is 10.6. The number of anilines is 1. The fourth-order valence-corrected chi connectivity index (χ4v) is 2.11. The first-order valence-electron chi connectivity index (χ1n) is 5.23. The zero-order valence-corrected chi connectivity index (χ0v) is 11.8. The average molecular weight is 299 g/mol. The lowest BCUT2D eigenvalue weighted by molar-refractivity contribution is 0.0991. The van der Waals surface area contributed by atoms with Crippen LogP contribution in [0.5, 0.6) is 0 Å². The summed E-state index contributed by atoms with van der Waals surface area (Å²) in [4.78, 5) is 28.4. The van der Waals surface area contributed by atoms with E-state index in [0.29, 0.717) is 15.8 Å². The molecular formula is C10H13N5O2S2. The molecule has 0 aliphatic carbocycles. The van der Waals surface area contributed by atoms with Crippen LogP contribution in [-0.2, 0) is 0 Å². The van der Waals surface area contributed by atoms with Crippen LogP contribution in [0, 0.1) is 0 Å². The number of hydrogen-bond donors (Lipinski definition) is 3. The maximum Gasteiger partial charge on any atom is 0.277 e. The Morgan fingerprint density at radius 1 is 1.26 bits per heavy atom. The van der Waals surface area contributed by atoms with Gasteiger partial charge in [0.1, 0.15) is 5.82 Å². The second kappa shape index (κ2) is 7.44. The highest BCUT2D eigenvalue weighted by Crippen LogP contribution is 2.12. The van der Waals surface area contributed by atoms with E-state index in [-0.39, 0.29) is 0 Å². The van der Waals surface area contributed by atoms with Crippen LogP contribution in [0.4, 0.5) is 5.82 Å². The normalized spacial score (nSPS) is 9.32. The van der Waals surface area contributed by atoms with Gasteiger partial charge in [0.05, 0.1) is 0 Å². The molecule has 2 aromatic heterocycles. The molecule has 102 valence electrons. The molecular weight excluding hydrogens is 286 g/mol. The van der Waals surface area contributed by atoms with Crippen molar-refractivity contribution in [2.45, 2.75) is 6.92 Å². The monoisotopic (exact) mass is 299 g/mol. The van der Waals surface area contributed by atoms with Gasteiger partial charge in [-0.3, -0.25) is 9.59 Å². The topological polar surface area (TPSA) is 124 Å². The number of hydrogen-bond acceptors (Lipinski definition) is 7. The molecule has 0 unspecified atom stereocenters. The number of nitrogens with zero attached hydrogens (tertiary/aromatic N) is 2. The molecule has 0 aliphatic rings. The largest absolute Gasteiger partial charge is 0.370 e. The Balaban J connectivity index is 0.000000200. The minimum Gasteiger partial charge on any atom is -0.370 e. The molecule has 9 heteroatoms. The van der Waals surface area contributed by atoms with Crippen LogP contribution < -0.4 is 16.8 Å². The van der Waals surface area contributed by atoms with Gasteiger partial charge in [-0.05, 0) is 6.92 Å². The minimum atomic E-state index is -0.473. The third-order valence-corrected chi connectivity index (χ3v) is 3.36. The van der Waals surface area contributed by atoms with Gasteiger partial charge in [0.15, 0.2) is 10.0 Å². The van der Waals surface area contributed by atoms with E-state index in [1.807, 2.05) is 6.92 Å². The number of carbonyl (C=O) groups is 2. The first kappa shape index (κ1) is 15.1. The van der Waals surface area contributed by atoms with Crippen LogP contribution in [0.25, 0.3) is 0 Å². The average Bonchev–Trinajstić information content (AvgIpc) is 3.01. The molecule has 5 N–H and O–H groups in total. The number of primary amides is 2. The summed E-state index contributed by atoms with van der Waals surface area (Å²) in [5.41, 5.74) is 9.87. The van der Waals surface area contributed by atoms with Gasteiger partial charge in [-0.15, -0.1) is 22.7 Å². The Hall–Kier alpha value is -2.00. The number of carbonyl (C=O) groups excluding carboxylic acids is 2. The van der Waals surface area contributed by atoms with Gasteiger partial charge in [0.2, 0.25) is 0 Å². The SMILES string of the molecule is CCNc1csc(C(N)=O)n1.NC(=O)c1nccs1. The predicted molar refractivity (Wildman–Crippen MR) is 75.4 cm³/mol. The van der Waals surface area contributed by atoms with Gasteiger partial charge in [-0.1, -0.05) is 0 Å². The summed E-state index contributed by atoms with van der Waals surface area (Å²) in [6.45, 7) is 2.76. The number of amides is 2. The molecule has 0 saturated carbocycles. The van der Waals surface area contributed by atoms with Crippen molar-refractivity contribution in [3.8, 4) is 0 Å². The van der Waals surface area contributed by atoms with E-state index in [4.69, 9.17) is 11.5 Å². The van der Waals surface area contributed by atoms with E-state index >= 15 is 0 Å². The summed E-state index contributed by atoms with van der Waals surface area (Å²) >= 11 is 2.49. The fourth-order valence-electron chi connectivity index (χ4n) is 0.994. The summed E-state index contributed by atoms with van der Waals surface area (Å²) < 4.78 is 0. The molecule has 0 saturated heterocycles. The number of rotatable bonds is 4. The standard InChI is InChI=1S/C6H9N3OS.C4H4N2OS/c1-2-8-4-3-11-6(9-4)5(7)10;5-3(7)4-6-1-2-8-4/h3,8H,2H2,1H3,(H2,7,10);1-2H,(H2,5,7). The number of nitrogens with two attached hydrogens (primary N) is 2. The lowest BCUT2D eigenvalue weighted by Gasteiger charge is -1.93. The van der Waals surface area contributed by atoms with Crippen molar-refractivity contribution in [3.63, 3.8) is 0 Å². The number of nitrogens with one attached hydrogen (secondary N) is 1. The summed E-state index contributed by atoms with van der Waals surface area (Å²) in [5, 5.41) is 7.16. The Kier molecular flexibility index (Phi) is 5.90. The first-order valence-corrected chi connectivity index (χ1v) is 6.99. The van der Waals surface area contributed by atoms with E-state index in [0.717, 1.165) is 6.54 Å². The van der Waals surface area contributed by atoms with Gasteiger partial charge < -0.3 is 16.8 Å². The quantitative estimate of drug-likeness (QED) is 0.774. The van der Waals surface area contributed by atoms with Crippen molar-refractivity contribution >= 4 is 40.3 Å². The lowest BCUT2D eigenvalue weighted by Crippen LogP contribution is -2.10. The number of thiazole rings is 2. The summed E-state index contributed by atoms with van der Waals surface area (Å²) in [6, 6.07) is 0. The molecule has 0 spiro atoms. The Bertz CT molecular complexity index is 538. The van der Waals surface area contributed by atoms with Gasteiger partial charge >= 0.3 is 0 Å². The van der Waals surface area contributed by atoms with Gasteiger partial charge in [-0.25, -0.2) is 9.97 Å². The van der Waals surface area contributed by atoms with Crippen LogP contribution in [0.2, 0.25) is 0 Å². The minimum absolute atomic E-state index is 0.348. The molecule has 0 radical (unpaired) electrons. The lowest BCUT2D eigenvalue weighted by atomic mass is 10.6. The highest BCUT2D eigenvalue weighted by atomic mass is 32.1. The summed E-state index contributed by atoms with van der Waals surface area (Å²) in [6.07, 6.45) is 1.55. The van der Waals surface area contributed by atoms with Crippen molar-refractivity contribution in [1.29, 1.82) is 0 Å². The molecule has 0 aromatic carbocycles. The molecule has 0 fully saturated rings. The Labute approximate surface area is 117 Å². The van der Waals surface area contributed by atoms with Crippen molar-refractivity contribution in [1.82, 2.24) is 9.97 Å². The molecule has 2 amide bonds. The molecule has 2 heterocycles.